The number of imidazole rings is 1. The van der Waals surface area contributed by atoms with E-state index in [1.807, 2.05) is 30.3 Å². The van der Waals surface area contributed by atoms with Gasteiger partial charge in [0.15, 0.2) is 0 Å². The molecule has 1 aromatic heterocycles. The maximum Gasteiger partial charge on any atom is 0.110 e. The third kappa shape index (κ3) is 2.45. The molecule has 0 amide bonds. The van der Waals surface area contributed by atoms with Crippen LogP contribution in [-0.4, -0.2) is 9.97 Å². The number of rotatable bonds is 3. The third-order valence-corrected chi connectivity index (χ3v) is 3.40. The van der Waals surface area contributed by atoms with Crippen LogP contribution in [0.5, 0.6) is 0 Å². The molecular formula is C16H17N3. The van der Waals surface area contributed by atoms with Crippen molar-refractivity contribution in [3.05, 3.63) is 59.9 Å². The molecule has 0 spiro atoms. The summed E-state index contributed by atoms with van der Waals surface area (Å²) in [6.07, 6.45) is 0.958. The van der Waals surface area contributed by atoms with Crippen molar-refractivity contribution in [2.45, 2.75) is 19.3 Å². The fraction of sp³-hybridized carbons (Fsp3) is 0.188. The summed E-state index contributed by atoms with van der Waals surface area (Å²) in [6, 6.07) is 16.2. The summed E-state index contributed by atoms with van der Waals surface area (Å²) in [5.74, 6) is 1.40. The van der Waals surface area contributed by atoms with Gasteiger partial charge < -0.3 is 10.7 Å². The average Bonchev–Trinajstić information content (AvgIpc) is 2.85. The Labute approximate surface area is 112 Å². The summed E-state index contributed by atoms with van der Waals surface area (Å²) >= 11 is 0. The molecule has 1 heterocycles. The Kier molecular flexibility index (Phi) is 2.95. The van der Waals surface area contributed by atoms with Gasteiger partial charge in [0, 0.05) is 11.6 Å². The maximum atomic E-state index is 5.70. The zero-order chi connectivity index (χ0) is 13.2. The van der Waals surface area contributed by atoms with Gasteiger partial charge in [-0.05, 0) is 36.2 Å². The Bertz CT molecular complexity index is 650. The van der Waals surface area contributed by atoms with Crippen LogP contribution in [0.3, 0.4) is 0 Å². The molecule has 0 unspecified atom stereocenters. The molecule has 0 aliphatic heterocycles. The normalized spacial score (nSPS) is 12.7. The summed E-state index contributed by atoms with van der Waals surface area (Å²) in [6.45, 7) is 2.19. The second kappa shape index (κ2) is 4.76. The number of hydrogen-bond donors (Lipinski definition) is 2. The number of nitrogen functional groups attached to an aromatic ring is 1. The quantitative estimate of drug-likeness (QED) is 0.700. The van der Waals surface area contributed by atoms with Crippen molar-refractivity contribution in [2.24, 2.45) is 0 Å². The van der Waals surface area contributed by atoms with E-state index in [1.54, 1.807) is 0 Å². The Balaban J connectivity index is 1.83. The molecule has 0 radical (unpaired) electrons. The number of fused-ring (bicyclic) bond motifs is 1. The number of aromatic nitrogens is 2. The van der Waals surface area contributed by atoms with Crippen LogP contribution in [-0.2, 0) is 6.42 Å². The van der Waals surface area contributed by atoms with Crippen molar-refractivity contribution in [3.8, 4) is 0 Å². The summed E-state index contributed by atoms with van der Waals surface area (Å²) in [4.78, 5) is 8.04. The highest BCUT2D eigenvalue weighted by atomic mass is 14.9. The van der Waals surface area contributed by atoms with E-state index < -0.39 is 0 Å². The lowest BCUT2D eigenvalue weighted by Crippen LogP contribution is -2.00. The molecule has 3 heteroatoms. The van der Waals surface area contributed by atoms with E-state index in [-0.39, 0.29) is 0 Å². The maximum absolute atomic E-state index is 5.70. The van der Waals surface area contributed by atoms with Crippen molar-refractivity contribution in [1.29, 1.82) is 0 Å². The topological polar surface area (TPSA) is 54.7 Å². The lowest BCUT2D eigenvalue weighted by atomic mass is 10.0. The van der Waals surface area contributed by atoms with Crippen molar-refractivity contribution in [1.82, 2.24) is 9.97 Å². The molecule has 3 nitrogen and oxygen atoms in total. The lowest BCUT2D eigenvalue weighted by Gasteiger charge is -2.08. The van der Waals surface area contributed by atoms with Crippen LogP contribution in [0, 0.1) is 0 Å². The number of nitrogens with zero attached hydrogens (tertiary/aromatic N) is 1. The van der Waals surface area contributed by atoms with Crippen molar-refractivity contribution in [3.63, 3.8) is 0 Å². The molecule has 19 heavy (non-hydrogen) atoms. The zero-order valence-corrected chi connectivity index (χ0v) is 10.9. The van der Waals surface area contributed by atoms with Crippen molar-refractivity contribution < 1.29 is 0 Å². The molecule has 1 atom stereocenters. The van der Waals surface area contributed by atoms with Gasteiger partial charge in [-0.25, -0.2) is 4.98 Å². The van der Waals surface area contributed by atoms with Gasteiger partial charge in [-0.2, -0.15) is 0 Å². The number of para-hydroxylation sites is 2. The molecule has 0 aliphatic carbocycles. The number of nitrogens with one attached hydrogen (secondary N) is 1. The molecule has 0 saturated heterocycles. The van der Waals surface area contributed by atoms with Crippen LogP contribution in [0.15, 0.2) is 48.5 Å². The van der Waals surface area contributed by atoms with Gasteiger partial charge in [-0.1, -0.05) is 31.2 Å². The Hall–Kier alpha value is -2.29. The molecule has 3 N–H and O–H groups in total. The average molecular weight is 251 g/mol. The van der Waals surface area contributed by atoms with Crippen LogP contribution < -0.4 is 5.73 Å². The number of H-pyrrole nitrogens is 1. The summed E-state index contributed by atoms with van der Waals surface area (Å²) < 4.78 is 0. The van der Waals surface area contributed by atoms with Crippen molar-refractivity contribution >= 4 is 16.7 Å². The molecule has 0 bridgehead atoms. The molecule has 2 aromatic carbocycles. The van der Waals surface area contributed by atoms with Crippen LogP contribution in [0.4, 0.5) is 5.69 Å². The molecule has 0 fully saturated rings. The fourth-order valence-corrected chi connectivity index (χ4v) is 2.31. The monoisotopic (exact) mass is 251 g/mol. The minimum atomic E-state index is 0.357. The van der Waals surface area contributed by atoms with Crippen LogP contribution in [0.25, 0.3) is 11.0 Å². The third-order valence-electron chi connectivity index (χ3n) is 3.40. The number of anilines is 1. The smallest absolute Gasteiger partial charge is 0.110 e. The number of nitrogens with two attached hydrogens (primary N) is 1. The summed E-state index contributed by atoms with van der Waals surface area (Å²) in [5.41, 5.74) is 9.91. The van der Waals surface area contributed by atoms with Gasteiger partial charge in [0.05, 0.1) is 11.0 Å². The van der Waals surface area contributed by atoms with E-state index in [9.17, 15) is 0 Å². The first-order valence-electron chi connectivity index (χ1n) is 6.51. The molecule has 0 saturated carbocycles. The largest absolute Gasteiger partial charge is 0.399 e. The highest BCUT2D eigenvalue weighted by Gasteiger charge is 2.11. The van der Waals surface area contributed by atoms with E-state index in [0.717, 1.165) is 29.0 Å². The van der Waals surface area contributed by atoms with E-state index in [4.69, 9.17) is 5.73 Å². The number of hydrogen-bond acceptors (Lipinski definition) is 2. The fourth-order valence-electron chi connectivity index (χ4n) is 2.31. The van der Waals surface area contributed by atoms with Gasteiger partial charge in [-0.15, -0.1) is 0 Å². The number of aromatic amines is 1. The van der Waals surface area contributed by atoms with Crippen LogP contribution in [0.2, 0.25) is 0 Å². The molecule has 3 aromatic rings. The molecule has 0 aliphatic rings. The van der Waals surface area contributed by atoms with E-state index in [2.05, 4.69) is 35.1 Å². The highest BCUT2D eigenvalue weighted by molar-refractivity contribution is 5.74. The Morgan fingerprint density at radius 3 is 2.58 bits per heavy atom. The second-order valence-corrected chi connectivity index (χ2v) is 4.99. The van der Waals surface area contributed by atoms with Crippen molar-refractivity contribution in [2.75, 3.05) is 5.73 Å². The molecular weight excluding hydrogens is 234 g/mol. The van der Waals surface area contributed by atoms with E-state index in [1.165, 1.54) is 5.56 Å². The second-order valence-electron chi connectivity index (χ2n) is 4.99. The SMILES string of the molecule is C[C@@H](Cc1ccc(N)cc1)c1nc2ccccc2[nH]1. The van der Waals surface area contributed by atoms with Crippen LogP contribution >= 0.6 is 0 Å². The summed E-state index contributed by atoms with van der Waals surface area (Å²) in [7, 11) is 0. The molecule has 96 valence electrons. The Morgan fingerprint density at radius 2 is 1.84 bits per heavy atom. The Morgan fingerprint density at radius 1 is 1.11 bits per heavy atom. The minimum Gasteiger partial charge on any atom is -0.399 e. The predicted octanol–water partition coefficient (Wildman–Crippen LogP) is 3.49. The van der Waals surface area contributed by atoms with Crippen LogP contribution in [0.1, 0.15) is 24.2 Å². The number of benzene rings is 2. The van der Waals surface area contributed by atoms with Gasteiger partial charge in [0.25, 0.3) is 0 Å². The first-order chi connectivity index (χ1) is 9.22. The lowest BCUT2D eigenvalue weighted by molar-refractivity contribution is 0.713. The first kappa shape index (κ1) is 11.8. The zero-order valence-electron chi connectivity index (χ0n) is 10.9. The summed E-state index contributed by atoms with van der Waals surface area (Å²) in [5, 5.41) is 0. The predicted molar refractivity (Wildman–Crippen MR) is 79.1 cm³/mol. The van der Waals surface area contributed by atoms with E-state index >= 15 is 0 Å². The van der Waals surface area contributed by atoms with Gasteiger partial charge in [-0.3, -0.25) is 0 Å². The highest BCUT2D eigenvalue weighted by Crippen LogP contribution is 2.21. The minimum absolute atomic E-state index is 0.357. The molecule has 3 rings (SSSR count). The van der Waals surface area contributed by atoms with E-state index in [0.29, 0.717) is 5.92 Å². The van der Waals surface area contributed by atoms with Gasteiger partial charge in [0.1, 0.15) is 5.82 Å². The first-order valence-corrected chi connectivity index (χ1v) is 6.51. The van der Waals surface area contributed by atoms with Gasteiger partial charge in [0.2, 0.25) is 0 Å². The standard InChI is InChI=1S/C16H17N3/c1-11(10-12-6-8-13(17)9-7-12)16-18-14-4-2-3-5-15(14)19-16/h2-9,11H,10,17H2,1H3,(H,18,19)/t11-/m0/s1. The van der Waals surface area contributed by atoms with Gasteiger partial charge >= 0.3 is 0 Å².